The third-order valence-electron chi connectivity index (χ3n) is 4.49. The number of nitrogens with one attached hydrogen (secondary N) is 1. The first-order valence-electron chi connectivity index (χ1n) is 7.35. The van der Waals surface area contributed by atoms with Crippen molar-refractivity contribution in [3.63, 3.8) is 0 Å². The Kier molecular flexibility index (Phi) is 4.83. The van der Waals surface area contributed by atoms with E-state index >= 15 is 0 Å². The number of piperazine rings is 1. The van der Waals surface area contributed by atoms with Gasteiger partial charge in [0, 0.05) is 38.3 Å². The largest absolute Gasteiger partial charge is 0.311 e. The molecule has 3 heteroatoms. The molecule has 3 nitrogen and oxygen atoms in total. The van der Waals surface area contributed by atoms with E-state index in [9.17, 15) is 0 Å². The highest BCUT2D eigenvalue weighted by molar-refractivity contribution is 4.85. The van der Waals surface area contributed by atoms with Crippen LogP contribution in [0.4, 0.5) is 0 Å². The molecule has 3 atom stereocenters. The van der Waals surface area contributed by atoms with Gasteiger partial charge in [-0.15, -0.1) is 0 Å². The summed E-state index contributed by atoms with van der Waals surface area (Å²) < 4.78 is 0. The monoisotopic (exact) mass is 239 g/mol. The Balaban J connectivity index is 1.83. The predicted octanol–water partition coefficient (Wildman–Crippen LogP) is 1.40. The predicted molar refractivity (Wildman–Crippen MR) is 73.3 cm³/mol. The van der Waals surface area contributed by atoms with Crippen LogP contribution >= 0.6 is 0 Å². The number of hydrogen-bond acceptors (Lipinski definition) is 3. The van der Waals surface area contributed by atoms with Crippen LogP contribution in [0.25, 0.3) is 0 Å². The van der Waals surface area contributed by atoms with Crippen LogP contribution in [-0.2, 0) is 0 Å². The van der Waals surface area contributed by atoms with E-state index in [0.29, 0.717) is 12.1 Å². The standard InChI is InChI=1S/C14H29N3/c1-4-14-11-17(12(2)8-15-14)10-13-6-5-7-16(3)9-13/h12-15H,4-11H2,1-3H3. The van der Waals surface area contributed by atoms with E-state index in [1.165, 1.54) is 52.0 Å². The highest BCUT2D eigenvalue weighted by atomic mass is 15.2. The fraction of sp³-hybridized carbons (Fsp3) is 1.00. The minimum absolute atomic E-state index is 0.713. The lowest BCUT2D eigenvalue weighted by Gasteiger charge is -2.42. The van der Waals surface area contributed by atoms with Crippen LogP contribution in [0.1, 0.15) is 33.1 Å². The van der Waals surface area contributed by atoms with Crippen molar-refractivity contribution in [2.24, 2.45) is 5.92 Å². The molecule has 0 aromatic heterocycles. The van der Waals surface area contributed by atoms with E-state index in [1.807, 2.05) is 0 Å². The fourth-order valence-electron chi connectivity index (χ4n) is 3.28. The molecule has 0 saturated carbocycles. The van der Waals surface area contributed by atoms with Gasteiger partial charge in [0.2, 0.25) is 0 Å². The maximum absolute atomic E-state index is 3.64. The maximum atomic E-state index is 3.64. The van der Waals surface area contributed by atoms with E-state index in [0.717, 1.165) is 5.92 Å². The highest BCUT2D eigenvalue weighted by Gasteiger charge is 2.27. The molecule has 2 rings (SSSR count). The fourth-order valence-corrected chi connectivity index (χ4v) is 3.28. The summed E-state index contributed by atoms with van der Waals surface area (Å²) >= 11 is 0. The Hall–Kier alpha value is -0.120. The first-order chi connectivity index (χ1) is 8.19. The minimum atomic E-state index is 0.713. The molecule has 2 aliphatic heterocycles. The summed E-state index contributed by atoms with van der Waals surface area (Å²) in [5.74, 6) is 0.895. The topological polar surface area (TPSA) is 18.5 Å². The van der Waals surface area contributed by atoms with Crippen LogP contribution in [0.5, 0.6) is 0 Å². The molecule has 0 aromatic carbocycles. The molecule has 2 heterocycles. The summed E-state index contributed by atoms with van der Waals surface area (Å²) in [4.78, 5) is 5.22. The summed E-state index contributed by atoms with van der Waals surface area (Å²) in [7, 11) is 2.27. The third-order valence-corrected chi connectivity index (χ3v) is 4.49. The van der Waals surface area contributed by atoms with Gasteiger partial charge in [-0.05, 0) is 45.7 Å². The first-order valence-corrected chi connectivity index (χ1v) is 7.35. The van der Waals surface area contributed by atoms with E-state index in [4.69, 9.17) is 0 Å². The van der Waals surface area contributed by atoms with Gasteiger partial charge in [0.15, 0.2) is 0 Å². The van der Waals surface area contributed by atoms with Crippen molar-refractivity contribution in [1.82, 2.24) is 15.1 Å². The Morgan fingerprint density at radius 3 is 2.82 bits per heavy atom. The number of nitrogens with zero attached hydrogens (tertiary/aromatic N) is 2. The first kappa shape index (κ1) is 13.3. The minimum Gasteiger partial charge on any atom is -0.311 e. The lowest BCUT2D eigenvalue weighted by molar-refractivity contribution is 0.0915. The Labute approximate surface area is 107 Å². The molecule has 100 valence electrons. The Morgan fingerprint density at radius 2 is 2.12 bits per heavy atom. The summed E-state index contributed by atoms with van der Waals surface area (Å²) in [5.41, 5.74) is 0. The van der Waals surface area contributed by atoms with E-state index < -0.39 is 0 Å². The lowest BCUT2D eigenvalue weighted by atomic mass is 9.96. The van der Waals surface area contributed by atoms with Crippen molar-refractivity contribution in [3.05, 3.63) is 0 Å². The van der Waals surface area contributed by atoms with Gasteiger partial charge >= 0.3 is 0 Å². The normalized spacial score (nSPS) is 37.2. The molecule has 0 spiro atoms. The molecule has 0 radical (unpaired) electrons. The van der Waals surface area contributed by atoms with Gasteiger partial charge in [-0.3, -0.25) is 4.90 Å². The van der Waals surface area contributed by atoms with Crippen LogP contribution < -0.4 is 5.32 Å². The molecule has 2 fully saturated rings. The van der Waals surface area contributed by atoms with Gasteiger partial charge in [-0.1, -0.05) is 6.92 Å². The molecule has 3 unspecified atom stereocenters. The van der Waals surface area contributed by atoms with Crippen LogP contribution in [0.2, 0.25) is 0 Å². The number of hydrogen-bond donors (Lipinski definition) is 1. The van der Waals surface area contributed by atoms with Crippen molar-refractivity contribution >= 4 is 0 Å². The molecular formula is C14H29N3. The summed E-state index contributed by atoms with van der Waals surface area (Å²) in [6, 6.07) is 1.43. The molecule has 2 saturated heterocycles. The maximum Gasteiger partial charge on any atom is 0.0193 e. The van der Waals surface area contributed by atoms with Crippen LogP contribution in [0.15, 0.2) is 0 Å². The number of piperidine rings is 1. The van der Waals surface area contributed by atoms with Gasteiger partial charge in [0.25, 0.3) is 0 Å². The van der Waals surface area contributed by atoms with Crippen molar-refractivity contribution < 1.29 is 0 Å². The molecule has 0 aromatic rings. The number of rotatable bonds is 3. The van der Waals surface area contributed by atoms with Crippen LogP contribution in [0.3, 0.4) is 0 Å². The average molecular weight is 239 g/mol. The zero-order valence-corrected chi connectivity index (χ0v) is 11.8. The van der Waals surface area contributed by atoms with E-state index in [1.54, 1.807) is 0 Å². The van der Waals surface area contributed by atoms with E-state index in [2.05, 4.69) is 36.0 Å². The molecule has 0 amide bonds. The highest BCUT2D eigenvalue weighted by Crippen LogP contribution is 2.19. The van der Waals surface area contributed by atoms with Gasteiger partial charge in [0.05, 0.1) is 0 Å². The zero-order chi connectivity index (χ0) is 12.3. The van der Waals surface area contributed by atoms with Crippen LogP contribution in [0, 0.1) is 5.92 Å². The smallest absolute Gasteiger partial charge is 0.0193 e. The molecule has 17 heavy (non-hydrogen) atoms. The second-order valence-electron chi connectivity index (χ2n) is 6.09. The quantitative estimate of drug-likeness (QED) is 0.803. The van der Waals surface area contributed by atoms with Crippen molar-refractivity contribution in [1.29, 1.82) is 0 Å². The molecule has 0 bridgehead atoms. The lowest BCUT2D eigenvalue weighted by Crippen LogP contribution is -2.56. The average Bonchev–Trinajstić information content (AvgIpc) is 2.32. The second kappa shape index (κ2) is 6.17. The summed E-state index contributed by atoms with van der Waals surface area (Å²) in [6.45, 7) is 11.0. The van der Waals surface area contributed by atoms with Crippen molar-refractivity contribution in [2.45, 2.75) is 45.2 Å². The summed E-state index contributed by atoms with van der Waals surface area (Å²) in [6.07, 6.45) is 4.07. The van der Waals surface area contributed by atoms with Gasteiger partial charge in [-0.25, -0.2) is 0 Å². The van der Waals surface area contributed by atoms with Crippen molar-refractivity contribution in [2.75, 3.05) is 39.8 Å². The molecule has 1 N–H and O–H groups in total. The zero-order valence-electron chi connectivity index (χ0n) is 11.8. The van der Waals surface area contributed by atoms with Gasteiger partial charge in [0.1, 0.15) is 0 Å². The Bertz CT molecular complexity index is 232. The molecular weight excluding hydrogens is 210 g/mol. The van der Waals surface area contributed by atoms with Gasteiger partial charge in [-0.2, -0.15) is 0 Å². The Morgan fingerprint density at radius 1 is 1.29 bits per heavy atom. The second-order valence-corrected chi connectivity index (χ2v) is 6.09. The van der Waals surface area contributed by atoms with Gasteiger partial charge < -0.3 is 10.2 Å². The van der Waals surface area contributed by atoms with E-state index in [-0.39, 0.29) is 0 Å². The summed E-state index contributed by atoms with van der Waals surface area (Å²) in [5, 5.41) is 3.64. The molecule has 0 aliphatic carbocycles. The number of likely N-dealkylation sites (tertiary alicyclic amines) is 1. The molecule has 2 aliphatic rings. The third kappa shape index (κ3) is 3.67. The van der Waals surface area contributed by atoms with Crippen molar-refractivity contribution in [3.8, 4) is 0 Å². The SMILES string of the molecule is CCC1CN(CC2CCCN(C)C2)C(C)CN1. The van der Waals surface area contributed by atoms with Crippen LogP contribution in [-0.4, -0.2) is 61.7 Å².